The topological polar surface area (TPSA) is 42.4 Å². The third-order valence-electron chi connectivity index (χ3n) is 4.19. The average Bonchev–Trinajstić information content (AvgIpc) is 2.53. The van der Waals surface area contributed by atoms with Gasteiger partial charge in [-0.2, -0.15) is 13.2 Å². The number of rotatable bonds is 5. The van der Waals surface area contributed by atoms with E-state index in [1.807, 2.05) is 13.8 Å². The van der Waals surface area contributed by atoms with Gasteiger partial charge in [-0.3, -0.25) is 9.69 Å². The summed E-state index contributed by atoms with van der Waals surface area (Å²) in [6, 6.07) is 4.60. The van der Waals surface area contributed by atoms with Gasteiger partial charge >= 0.3 is 6.18 Å². The zero-order chi connectivity index (χ0) is 17.7. The summed E-state index contributed by atoms with van der Waals surface area (Å²) < 4.78 is 44.2. The molecule has 2 unspecified atom stereocenters. The molecule has 0 bridgehead atoms. The fraction of sp³-hybridized carbons (Fsp3) is 0.647. The van der Waals surface area contributed by atoms with Crippen molar-refractivity contribution < 1.29 is 22.7 Å². The molecule has 1 aromatic heterocycles. The highest BCUT2D eigenvalue weighted by molar-refractivity contribution is 5.92. The smallest absolute Gasteiger partial charge is 0.378 e. The number of amides is 1. The summed E-state index contributed by atoms with van der Waals surface area (Å²) in [4.78, 5) is 17.1. The average molecular weight is 344 g/mol. The van der Waals surface area contributed by atoms with Gasteiger partial charge in [-0.15, -0.1) is 0 Å². The second-order valence-electron chi connectivity index (χ2n) is 6.53. The molecule has 2 atom stereocenters. The van der Waals surface area contributed by atoms with Crippen LogP contribution in [0.5, 0.6) is 0 Å². The summed E-state index contributed by atoms with van der Waals surface area (Å²) >= 11 is 0. The molecule has 0 spiro atoms. The number of alkyl halides is 3. The summed E-state index contributed by atoms with van der Waals surface area (Å²) in [7, 11) is 0. The van der Waals surface area contributed by atoms with Crippen LogP contribution in [0.2, 0.25) is 0 Å². The predicted octanol–water partition coefficient (Wildman–Crippen LogP) is 3.82. The maximum atomic E-state index is 12.9. The summed E-state index contributed by atoms with van der Waals surface area (Å²) in [5.74, 6) is -0.143. The van der Waals surface area contributed by atoms with Crippen LogP contribution in [0.15, 0.2) is 24.4 Å². The highest BCUT2D eigenvalue weighted by atomic mass is 19.4. The van der Waals surface area contributed by atoms with Crippen molar-refractivity contribution in [3.05, 3.63) is 24.4 Å². The lowest BCUT2D eigenvalue weighted by molar-refractivity contribution is -0.134. The first-order chi connectivity index (χ1) is 11.3. The van der Waals surface area contributed by atoms with Crippen LogP contribution in [0.1, 0.15) is 33.1 Å². The fourth-order valence-electron chi connectivity index (χ4n) is 2.90. The Balaban J connectivity index is 2.07. The first kappa shape index (κ1) is 18.7. The molecule has 1 saturated heterocycles. The van der Waals surface area contributed by atoms with Crippen molar-refractivity contribution in [3.63, 3.8) is 0 Å². The van der Waals surface area contributed by atoms with Gasteiger partial charge in [0.25, 0.3) is 0 Å². The number of carbonyl (C=O) groups excluding carboxylic acids is 1. The zero-order valence-electron chi connectivity index (χ0n) is 13.9. The first-order valence-electron chi connectivity index (χ1n) is 8.16. The number of halogens is 3. The van der Waals surface area contributed by atoms with Crippen LogP contribution >= 0.6 is 0 Å². The Bertz CT molecular complexity index is 534. The second-order valence-corrected chi connectivity index (χ2v) is 6.53. The summed E-state index contributed by atoms with van der Waals surface area (Å²) in [6.07, 6.45) is -1.55. The monoisotopic (exact) mass is 344 g/mol. The minimum atomic E-state index is -4.47. The van der Waals surface area contributed by atoms with E-state index in [0.29, 0.717) is 25.4 Å². The minimum absolute atomic E-state index is 0.0345. The molecule has 1 fully saturated rings. The SMILES string of the molecule is CC(C)C1CC(CC(=O)N(CC(F)(F)F)c2ccccn2)CCO1. The van der Waals surface area contributed by atoms with E-state index in [2.05, 4.69) is 4.98 Å². The van der Waals surface area contributed by atoms with Crippen LogP contribution in [0.25, 0.3) is 0 Å². The maximum Gasteiger partial charge on any atom is 0.406 e. The van der Waals surface area contributed by atoms with E-state index in [4.69, 9.17) is 4.74 Å². The molecular formula is C17H23F3N2O2. The Hall–Kier alpha value is -1.63. The molecule has 4 nitrogen and oxygen atoms in total. The molecule has 0 saturated carbocycles. The van der Waals surface area contributed by atoms with Crippen molar-refractivity contribution in [3.8, 4) is 0 Å². The largest absolute Gasteiger partial charge is 0.406 e. The molecule has 134 valence electrons. The van der Waals surface area contributed by atoms with Crippen LogP contribution in [0.4, 0.5) is 19.0 Å². The van der Waals surface area contributed by atoms with Gasteiger partial charge in [-0.25, -0.2) is 4.98 Å². The van der Waals surface area contributed by atoms with Gasteiger partial charge in [0, 0.05) is 19.2 Å². The van der Waals surface area contributed by atoms with Crippen molar-refractivity contribution in [1.82, 2.24) is 4.98 Å². The maximum absolute atomic E-state index is 12.9. The van der Waals surface area contributed by atoms with E-state index in [-0.39, 0.29) is 24.3 Å². The Morgan fingerprint density at radius 2 is 2.17 bits per heavy atom. The van der Waals surface area contributed by atoms with Crippen molar-refractivity contribution in [2.45, 2.75) is 45.4 Å². The minimum Gasteiger partial charge on any atom is -0.378 e. The van der Waals surface area contributed by atoms with Crippen LogP contribution in [0, 0.1) is 11.8 Å². The van der Waals surface area contributed by atoms with Crippen LogP contribution < -0.4 is 4.90 Å². The standard InChI is InChI=1S/C17H23F3N2O2/c1-12(2)14-9-13(6-8-24-14)10-16(23)22(11-17(18,19)20)15-5-3-4-7-21-15/h3-5,7,12-14H,6,8-11H2,1-2H3. The highest BCUT2D eigenvalue weighted by Crippen LogP contribution is 2.29. The molecule has 1 aromatic rings. The van der Waals surface area contributed by atoms with Crippen molar-refractivity contribution >= 4 is 11.7 Å². The first-order valence-corrected chi connectivity index (χ1v) is 8.16. The summed E-state index contributed by atoms with van der Waals surface area (Å²) in [6.45, 7) is 3.31. The Kier molecular flexibility index (Phi) is 6.21. The van der Waals surface area contributed by atoms with Crippen molar-refractivity contribution in [2.75, 3.05) is 18.1 Å². The number of nitrogens with zero attached hydrogens (tertiary/aromatic N) is 2. The highest BCUT2D eigenvalue weighted by Gasteiger charge is 2.35. The van der Waals surface area contributed by atoms with Gasteiger partial charge in [0.2, 0.25) is 5.91 Å². The normalized spacial score (nSPS) is 21.8. The molecular weight excluding hydrogens is 321 g/mol. The molecule has 2 rings (SSSR count). The van der Waals surface area contributed by atoms with E-state index in [0.717, 1.165) is 4.90 Å². The predicted molar refractivity (Wildman–Crippen MR) is 84.6 cm³/mol. The molecule has 24 heavy (non-hydrogen) atoms. The lowest BCUT2D eigenvalue weighted by Crippen LogP contribution is -2.41. The molecule has 0 aliphatic carbocycles. The molecule has 0 aromatic carbocycles. The molecule has 1 aliphatic heterocycles. The van der Waals surface area contributed by atoms with E-state index in [1.54, 1.807) is 12.1 Å². The van der Waals surface area contributed by atoms with Gasteiger partial charge in [-0.1, -0.05) is 19.9 Å². The number of ether oxygens (including phenoxy) is 1. The summed E-state index contributed by atoms with van der Waals surface area (Å²) in [5, 5.41) is 0. The van der Waals surface area contributed by atoms with Crippen LogP contribution in [0.3, 0.4) is 0 Å². The van der Waals surface area contributed by atoms with E-state index < -0.39 is 18.6 Å². The molecule has 1 amide bonds. The van der Waals surface area contributed by atoms with Crippen molar-refractivity contribution in [1.29, 1.82) is 0 Å². The number of hydrogen-bond acceptors (Lipinski definition) is 3. The number of carbonyl (C=O) groups is 1. The molecule has 0 N–H and O–H groups in total. The third-order valence-corrected chi connectivity index (χ3v) is 4.19. The Labute approximate surface area is 140 Å². The van der Waals surface area contributed by atoms with Crippen LogP contribution in [-0.4, -0.2) is 36.3 Å². The number of anilines is 1. The van der Waals surface area contributed by atoms with Gasteiger partial charge in [0.05, 0.1) is 6.10 Å². The summed E-state index contributed by atoms with van der Waals surface area (Å²) in [5.41, 5.74) is 0. The lowest BCUT2D eigenvalue weighted by Gasteiger charge is -2.33. The zero-order valence-corrected chi connectivity index (χ0v) is 13.9. The number of aromatic nitrogens is 1. The quantitative estimate of drug-likeness (QED) is 0.815. The molecule has 7 heteroatoms. The number of pyridine rings is 1. The van der Waals surface area contributed by atoms with E-state index >= 15 is 0 Å². The molecule has 2 heterocycles. The Morgan fingerprint density at radius 1 is 1.42 bits per heavy atom. The van der Waals surface area contributed by atoms with Gasteiger partial charge in [0.1, 0.15) is 12.4 Å². The lowest BCUT2D eigenvalue weighted by atomic mass is 9.88. The molecule has 1 aliphatic rings. The van der Waals surface area contributed by atoms with E-state index in [1.165, 1.54) is 12.3 Å². The molecule has 0 radical (unpaired) electrons. The fourth-order valence-corrected chi connectivity index (χ4v) is 2.90. The second kappa shape index (κ2) is 7.96. The van der Waals surface area contributed by atoms with Crippen LogP contribution in [-0.2, 0) is 9.53 Å². The van der Waals surface area contributed by atoms with Gasteiger partial charge < -0.3 is 4.74 Å². The number of hydrogen-bond donors (Lipinski definition) is 0. The van der Waals surface area contributed by atoms with Gasteiger partial charge in [-0.05, 0) is 36.8 Å². The van der Waals surface area contributed by atoms with Gasteiger partial charge in [0.15, 0.2) is 0 Å². The van der Waals surface area contributed by atoms with Crippen molar-refractivity contribution in [2.24, 2.45) is 11.8 Å². The van der Waals surface area contributed by atoms with E-state index in [9.17, 15) is 18.0 Å². The third kappa shape index (κ3) is 5.47. The Morgan fingerprint density at radius 3 is 2.75 bits per heavy atom.